The summed E-state index contributed by atoms with van der Waals surface area (Å²) in [5.74, 6) is -0.411. The minimum Gasteiger partial charge on any atom is -0.399 e. The zero-order valence-corrected chi connectivity index (χ0v) is 5.39. The van der Waals surface area contributed by atoms with Gasteiger partial charge in [-0.25, -0.2) is 4.39 Å². The van der Waals surface area contributed by atoms with Crippen LogP contribution in [0.4, 0.5) is 4.39 Å². The Hall–Kier alpha value is -1.05. The molecule has 2 N–H and O–H groups in total. The number of hydrogen-bond donors (Lipinski definition) is 1. The zero-order chi connectivity index (χ0) is 7.28. The first-order valence-electron chi connectivity index (χ1n) is 2.62. The molecule has 0 amide bonds. The van der Waals surface area contributed by atoms with E-state index < -0.39 is 5.83 Å². The van der Waals surface area contributed by atoms with Crippen LogP contribution in [0, 0.1) is 0 Å². The topological polar surface area (TPSA) is 26.0 Å². The normalized spacial score (nSPS) is 13.6. The molecule has 0 unspecified atom stereocenters. The van der Waals surface area contributed by atoms with Gasteiger partial charge in [0.1, 0.15) is 5.83 Å². The minimum atomic E-state index is -0.411. The Labute approximate surface area is 54.4 Å². The van der Waals surface area contributed by atoms with Crippen LogP contribution in [-0.4, -0.2) is 0 Å². The maximum absolute atomic E-state index is 12.2. The summed E-state index contributed by atoms with van der Waals surface area (Å²) in [5.41, 5.74) is 5.66. The summed E-state index contributed by atoms with van der Waals surface area (Å²) >= 11 is 0. The van der Waals surface area contributed by atoms with Crippen molar-refractivity contribution in [1.29, 1.82) is 0 Å². The van der Waals surface area contributed by atoms with Crippen molar-refractivity contribution < 1.29 is 4.39 Å². The molecule has 0 aliphatic rings. The highest BCUT2D eigenvalue weighted by Gasteiger charge is 1.84. The lowest BCUT2D eigenvalue weighted by Crippen LogP contribution is -1.91. The summed E-state index contributed by atoms with van der Waals surface area (Å²) < 4.78 is 12.2. The molecule has 9 heavy (non-hydrogen) atoms. The highest BCUT2D eigenvalue weighted by molar-refractivity contribution is 5.21. The van der Waals surface area contributed by atoms with Crippen LogP contribution in [0.5, 0.6) is 0 Å². The van der Waals surface area contributed by atoms with Gasteiger partial charge in [0, 0.05) is 5.70 Å². The van der Waals surface area contributed by atoms with Gasteiger partial charge >= 0.3 is 0 Å². The highest BCUT2D eigenvalue weighted by Crippen LogP contribution is 1.99. The van der Waals surface area contributed by atoms with E-state index in [-0.39, 0.29) is 0 Å². The summed E-state index contributed by atoms with van der Waals surface area (Å²) in [7, 11) is 0. The lowest BCUT2D eigenvalue weighted by Gasteiger charge is -1.87. The average Bonchev–Trinajstić information content (AvgIpc) is 1.87. The van der Waals surface area contributed by atoms with E-state index in [1.165, 1.54) is 6.08 Å². The zero-order valence-electron chi connectivity index (χ0n) is 5.39. The second-order valence-electron chi connectivity index (χ2n) is 1.52. The number of hydrogen-bond acceptors (Lipinski definition) is 1. The van der Waals surface area contributed by atoms with Crippen LogP contribution in [0.25, 0.3) is 0 Å². The summed E-state index contributed by atoms with van der Waals surface area (Å²) in [6.45, 7) is 4.96. The molecule has 50 valence electrons. The molecule has 0 radical (unpaired) electrons. The SMILES string of the molecule is C=C/C(F)=C\C(N)=C/C. The van der Waals surface area contributed by atoms with Crippen LogP contribution < -0.4 is 5.73 Å². The lowest BCUT2D eigenvalue weighted by molar-refractivity contribution is 0.666. The maximum Gasteiger partial charge on any atom is 0.124 e. The van der Waals surface area contributed by atoms with E-state index in [1.807, 2.05) is 0 Å². The van der Waals surface area contributed by atoms with Gasteiger partial charge in [0.15, 0.2) is 0 Å². The van der Waals surface area contributed by atoms with Crippen LogP contribution in [0.1, 0.15) is 6.92 Å². The van der Waals surface area contributed by atoms with E-state index in [0.717, 1.165) is 6.08 Å². The molecule has 0 aromatic heterocycles. The van der Waals surface area contributed by atoms with Crippen molar-refractivity contribution in [3.05, 3.63) is 36.3 Å². The molecule has 0 saturated carbocycles. The molecule has 0 aliphatic heterocycles. The molecular weight excluding hydrogens is 117 g/mol. The fraction of sp³-hybridized carbons (Fsp3) is 0.143. The van der Waals surface area contributed by atoms with Gasteiger partial charge in [-0.05, 0) is 19.1 Å². The first-order valence-corrected chi connectivity index (χ1v) is 2.62. The third-order valence-corrected chi connectivity index (χ3v) is 0.833. The minimum absolute atomic E-state index is 0.410. The van der Waals surface area contributed by atoms with Gasteiger partial charge in [0.25, 0.3) is 0 Å². The molecule has 0 heterocycles. The second-order valence-corrected chi connectivity index (χ2v) is 1.52. The average molecular weight is 127 g/mol. The molecule has 2 heteroatoms. The molecule has 0 atom stereocenters. The van der Waals surface area contributed by atoms with Crippen LogP contribution in [0.15, 0.2) is 36.3 Å². The quantitative estimate of drug-likeness (QED) is 0.563. The first kappa shape index (κ1) is 7.95. The molecule has 1 nitrogen and oxygen atoms in total. The predicted molar refractivity (Wildman–Crippen MR) is 37.3 cm³/mol. The van der Waals surface area contributed by atoms with E-state index in [2.05, 4.69) is 6.58 Å². The Morgan fingerprint density at radius 2 is 2.22 bits per heavy atom. The van der Waals surface area contributed by atoms with Crippen LogP contribution in [0.3, 0.4) is 0 Å². The summed E-state index contributed by atoms with van der Waals surface area (Å²) in [5, 5.41) is 0. The van der Waals surface area contributed by atoms with E-state index >= 15 is 0 Å². The standard InChI is InChI=1S/C7H10FN/c1-3-6(8)5-7(9)4-2/h3-5H,1,9H2,2H3/b6-5+,7-4+. The van der Waals surface area contributed by atoms with E-state index in [1.54, 1.807) is 13.0 Å². The van der Waals surface area contributed by atoms with Gasteiger partial charge in [-0.2, -0.15) is 0 Å². The van der Waals surface area contributed by atoms with Gasteiger partial charge in [-0.3, -0.25) is 0 Å². The molecule has 0 aromatic rings. The van der Waals surface area contributed by atoms with Gasteiger partial charge in [0.05, 0.1) is 0 Å². The number of rotatable bonds is 2. The van der Waals surface area contributed by atoms with E-state index in [9.17, 15) is 4.39 Å². The molecule has 0 aliphatic carbocycles. The number of allylic oxidation sites excluding steroid dienone is 4. The first-order chi connectivity index (χ1) is 4.20. The Balaban J connectivity index is 4.11. The fourth-order valence-electron chi connectivity index (χ4n) is 0.301. The molecular formula is C7H10FN. The van der Waals surface area contributed by atoms with Gasteiger partial charge in [-0.1, -0.05) is 12.7 Å². The van der Waals surface area contributed by atoms with Crippen molar-refractivity contribution in [3.8, 4) is 0 Å². The third-order valence-electron chi connectivity index (χ3n) is 0.833. The molecule has 0 saturated heterocycles. The van der Waals surface area contributed by atoms with Crippen molar-refractivity contribution in [2.24, 2.45) is 5.73 Å². The molecule has 0 aromatic carbocycles. The maximum atomic E-state index is 12.2. The van der Waals surface area contributed by atoms with Crippen molar-refractivity contribution in [3.63, 3.8) is 0 Å². The van der Waals surface area contributed by atoms with Crippen LogP contribution in [-0.2, 0) is 0 Å². The van der Waals surface area contributed by atoms with E-state index in [4.69, 9.17) is 5.73 Å². The van der Waals surface area contributed by atoms with Crippen LogP contribution >= 0.6 is 0 Å². The lowest BCUT2D eigenvalue weighted by atomic mass is 10.3. The number of halogens is 1. The summed E-state index contributed by atoms with van der Waals surface area (Å²) in [4.78, 5) is 0. The van der Waals surface area contributed by atoms with E-state index in [0.29, 0.717) is 5.70 Å². The molecule has 0 fully saturated rings. The van der Waals surface area contributed by atoms with Gasteiger partial charge in [-0.15, -0.1) is 0 Å². The summed E-state index contributed by atoms with van der Waals surface area (Å²) in [6, 6.07) is 0. The summed E-state index contributed by atoms with van der Waals surface area (Å²) in [6.07, 6.45) is 3.94. The largest absolute Gasteiger partial charge is 0.399 e. The second kappa shape index (κ2) is 3.89. The molecule has 0 spiro atoms. The smallest absolute Gasteiger partial charge is 0.124 e. The van der Waals surface area contributed by atoms with Crippen molar-refractivity contribution in [1.82, 2.24) is 0 Å². The Bertz CT molecular complexity index is 156. The van der Waals surface area contributed by atoms with Crippen LogP contribution in [0.2, 0.25) is 0 Å². The van der Waals surface area contributed by atoms with Crippen molar-refractivity contribution in [2.75, 3.05) is 0 Å². The molecule has 0 rings (SSSR count). The fourth-order valence-corrected chi connectivity index (χ4v) is 0.301. The van der Waals surface area contributed by atoms with Gasteiger partial charge < -0.3 is 5.73 Å². The monoisotopic (exact) mass is 127 g/mol. The van der Waals surface area contributed by atoms with Crippen molar-refractivity contribution >= 4 is 0 Å². The number of nitrogens with two attached hydrogens (primary N) is 1. The molecule has 0 bridgehead atoms. The van der Waals surface area contributed by atoms with Gasteiger partial charge in [0.2, 0.25) is 0 Å². The van der Waals surface area contributed by atoms with Crippen molar-refractivity contribution in [2.45, 2.75) is 6.92 Å². The Morgan fingerprint density at radius 3 is 2.56 bits per heavy atom. The Kier molecular flexibility index (Phi) is 3.44. The third kappa shape index (κ3) is 3.53. The highest BCUT2D eigenvalue weighted by atomic mass is 19.1. The Morgan fingerprint density at radius 1 is 1.67 bits per heavy atom. The predicted octanol–water partition coefficient (Wildman–Crippen LogP) is 1.89.